The van der Waals surface area contributed by atoms with Crippen molar-refractivity contribution < 1.29 is 9.53 Å². The van der Waals surface area contributed by atoms with Crippen molar-refractivity contribution in [1.29, 1.82) is 0 Å². The Kier molecular flexibility index (Phi) is 6.30. The van der Waals surface area contributed by atoms with Gasteiger partial charge in [0.05, 0.1) is 12.2 Å². The number of rotatable bonds is 7. The molecule has 1 atom stereocenters. The molecule has 0 aromatic carbocycles. The third-order valence-electron chi connectivity index (χ3n) is 2.91. The van der Waals surface area contributed by atoms with E-state index in [0.29, 0.717) is 18.1 Å². The number of ether oxygens (including phenoxy) is 1. The fourth-order valence-electron chi connectivity index (χ4n) is 1.66. The van der Waals surface area contributed by atoms with Gasteiger partial charge in [-0.1, -0.05) is 33.1 Å². The van der Waals surface area contributed by atoms with Crippen molar-refractivity contribution in [3.8, 4) is 0 Å². The molecule has 94 valence electrons. The highest BCUT2D eigenvalue weighted by molar-refractivity contribution is 5.89. The summed E-state index contributed by atoms with van der Waals surface area (Å²) in [6, 6.07) is 3.35. The Morgan fingerprint density at radius 1 is 1.35 bits per heavy atom. The molecule has 1 heterocycles. The normalized spacial score (nSPS) is 12.1. The van der Waals surface area contributed by atoms with E-state index in [9.17, 15) is 4.79 Å². The molecule has 1 rings (SSSR count). The molecule has 0 amide bonds. The Morgan fingerprint density at radius 2 is 2.06 bits per heavy atom. The number of hydrogen-bond donors (Lipinski definition) is 0. The molecule has 3 nitrogen and oxygen atoms in total. The number of unbranched alkanes of at least 4 members (excludes halogenated alkanes) is 1. The molecule has 1 unspecified atom stereocenters. The fourth-order valence-corrected chi connectivity index (χ4v) is 1.66. The van der Waals surface area contributed by atoms with Crippen molar-refractivity contribution >= 4 is 5.97 Å². The summed E-state index contributed by atoms with van der Waals surface area (Å²) in [5.74, 6) is 0.239. The molecule has 0 aliphatic heterocycles. The van der Waals surface area contributed by atoms with Crippen LogP contribution in [0.1, 0.15) is 49.9 Å². The molecule has 0 fully saturated rings. The van der Waals surface area contributed by atoms with Crippen LogP contribution in [-0.2, 0) is 4.74 Å². The van der Waals surface area contributed by atoms with Crippen LogP contribution in [0.2, 0.25) is 0 Å². The minimum Gasteiger partial charge on any atom is -0.462 e. The Balaban J connectivity index is 2.36. The van der Waals surface area contributed by atoms with Crippen molar-refractivity contribution in [2.24, 2.45) is 5.92 Å². The Hall–Kier alpha value is -1.38. The van der Waals surface area contributed by atoms with E-state index in [-0.39, 0.29) is 5.97 Å². The van der Waals surface area contributed by atoms with Crippen molar-refractivity contribution in [3.63, 3.8) is 0 Å². The first-order chi connectivity index (χ1) is 8.27. The minimum atomic E-state index is -0.248. The van der Waals surface area contributed by atoms with Gasteiger partial charge in [0.15, 0.2) is 0 Å². The van der Waals surface area contributed by atoms with E-state index in [1.807, 2.05) is 0 Å². The maximum atomic E-state index is 11.7. The van der Waals surface area contributed by atoms with E-state index in [4.69, 9.17) is 4.74 Å². The summed E-state index contributed by atoms with van der Waals surface area (Å²) in [6.45, 7) is 4.84. The van der Waals surface area contributed by atoms with Gasteiger partial charge in [0.25, 0.3) is 0 Å². The van der Waals surface area contributed by atoms with Crippen LogP contribution in [0.5, 0.6) is 0 Å². The standard InChI is InChI=1S/C14H21NO2/c1-3-5-6-12(4-2)11-17-14(16)13-7-9-15-10-8-13/h7-10,12H,3-6,11H2,1-2H3. The molecule has 3 heteroatoms. The lowest BCUT2D eigenvalue weighted by Crippen LogP contribution is -2.14. The van der Waals surface area contributed by atoms with Gasteiger partial charge in [-0.2, -0.15) is 0 Å². The molecular weight excluding hydrogens is 214 g/mol. The van der Waals surface area contributed by atoms with Crippen LogP contribution in [0, 0.1) is 5.92 Å². The van der Waals surface area contributed by atoms with Gasteiger partial charge in [0.2, 0.25) is 0 Å². The molecule has 0 aliphatic rings. The second-order valence-electron chi connectivity index (χ2n) is 4.25. The van der Waals surface area contributed by atoms with Crippen molar-refractivity contribution in [1.82, 2.24) is 4.98 Å². The zero-order chi connectivity index (χ0) is 12.5. The number of pyridine rings is 1. The molecule has 0 aliphatic carbocycles. The van der Waals surface area contributed by atoms with Gasteiger partial charge < -0.3 is 4.74 Å². The summed E-state index contributed by atoms with van der Waals surface area (Å²) in [5.41, 5.74) is 0.574. The molecule has 0 saturated heterocycles. The number of carbonyl (C=O) groups excluding carboxylic acids is 1. The van der Waals surface area contributed by atoms with Crippen LogP contribution in [0.15, 0.2) is 24.5 Å². The second kappa shape index (κ2) is 7.82. The van der Waals surface area contributed by atoms with Crippen LogP contribution >= 0.6 is 0 Å². The lowest BCUT2D eigenvalue weighted by molar-refractivity contribution is 0.0428. The van der Waals surface area contributed by atoms with E-state index < -0.39 is 0 Å². The van der Waals surface area contributed by atoms with Crippen LogP contribution in [0.4, 0.5) is 0 Å². The van der Waals surface area contributed by atoms with Crippen LogP contribution < -0.4 is 0 Å². The maximum absolute atomic E-state index is 11.7. The molecular formula is C14H21NO2. The zero-order valence-corrected chi connectivity index (χ0v) is 10.7. The first-order valence-corrected chi connectivity index (χ1v) is 6.35. The predicted molar refractivity (Wildman–Crippen MR) is 67.8 cm³/mol. The molecule has 17 heavy (non-hydrogen) atoms. The zero-order valence-electron chi connectivity index (χ0n) is 10.7. The molecule has 0 saturated carbocycles. The van der Waals surface area contributed by atoms with E-state index in [2.05, 4.69) is 18.8 Å². The van der Waals surface area contributed by atoms with Crippen LogP contribution in [-0.4, -0.2) is 17.6 Å². The largest absolute Gasteiger partial charge is 0.462 e. The maximum Gasteiger partial charge on any atom is 0.338 e. The summed E-state index contributed by atoms with van der Waals surface area (Å²) < 4.78 is 5.31. The van der Waals surface area contributed by atoms with Crippen LogP contribution in [0.25, 0.3) is 0 Å². The van der Waals surface area contributed by atoms with E-state index in [1.54, 1.807) is 24.5 Å². The van der Waals surface area contributed by atoms with Gasteiger partial charge in [-0.05, 0) is 24.5 Å². The minimum absolute atomic E-state index is 0.248. The topological polar surface area (TPSA) is 39.2 Å². The predicted octanol–water partition coefficient (Wildman–Crippen LogP) is 3.45. The summed E-state index contributed by atoms with van der Waals surface area (Å²) in [6.07, 6.45) is 7.79. The highest BCUT2D eigenvalue weighted by Gasteiger charge is 2.11. The Bertz CT molecular complexity index is 324. The highest BCUT2D eigenvalue weighted by atomic mass is 16.5. The van der Waals surface area contributed by atoms with Gasteiger partial charge in [-0.3, -0.25) is 4.98 Å². The van der Waals surface area contributed by atoms with E-state index >= 15 is 0 Å². The fraction of sp³-hybridized carbons (Fsp3) is 0.571. The quantitative estimate of drug-likeness (QED) is 0.679. The van der Waals surface area contributed by atoms with Crippen LogP contribution in [0.3, 0.4) is 0 Å². The highest BCUT2D eigenvalue weighted by Crippen LogP contribution is 2.13. The Morgan fingerprint density at radius 3 is 2.65 bits per heavy atom. The van der Waals surface area contributed by atoms with Gasteiger partial charge in [-0.25, -0.2) is 4.79 Å². The summed E-state index contributed by atoms with van der Waals surface area (Å²) in [4.78, 5) is 15.6. The second-order valence-corrected chi connectivity index (χ2v) is 4.25. The monoisotopic (exact) mass is 235 g/mol. The van der Waals surface area contributed by atoms with Gasteiger partial charge in [0, 0.05) is 12.4 Å². The average Bonchev–Trinajstić information content (AvgIpc) is 2.39. The third-order valence-corrected chi connectivity index (χ3v) is 2.91. The first kappa shape index (κ1) is 13.7. The Labute approximate surface area is 103 Å². The van der Waals surface area contributed by atoms with Gasteiger partial charge in [0.1, 0.15) is 0 Å². The van der Waals surface area contributed by atoms with Gasteiger partial charge >= 0.3 is 5.97 Å². The van der Waals surface area contributed by atoms with E-state index in [0.717, 1.165) is 12.8 Å². The number of nitrogens with zero attached hydrogens (tertiary/aromatic N) is 1. The summed E-state index contributed by atoms with van der Waals surface area (Å²) in [5, 5.41) is 0. The SMILES string of the molecule is CCCCC(CC)COC(=O)c1ccncc1. The summed E-state index contributed by atoms with van der Waals surface area (Å²) >= 11 is 0. The molecule has 1 aromatic rings. The molecule has 0 spiro atoms. The number of carbonyl (C=O) groups is 1. The molecule has 0 bridgehead atoms. The van der Waals surface area contributed by atoms with Crippen molar-refractivity contribution in [3.05, 3.63) is 30.1 Å². The third kappa shape index (κ3) is 4.98. The molecule has 1 aromatic heterocycles. The molecule has 0 N–H and O–H groups in total. The lowest BCUT2D eigenvalue weighted by atomic mass is 10.0. The lowest BCUT2D eigenvalue weighted by Gasteiger charge is -2.14. The van der Waals surface area contributed by atoms with Gasteiger partial charge in [-0.15, -0.1) is 0 Å². The number of esters is 1. The average molecular weight is 235 g/mol. The summed E-state index contributed by atoms with van der Waals surface area (Å²) in [7, 11) is 0. The number of hydrogen-bond acceptors (Lipinski definition) is 3. The van der Waals surface area contributed by atoms with Crippen molar-refractivity contribution in [2.45, 2.75) is 39.5 Å². The molecule has 0 radical (unpaired) electrons. The van der Waals surface area contributed by atoms with E-state index in [1.165, 1.54) is 12.8 Å². The smallest absolute Gasteiger partial charge is 0.338 e. The number of aromatic nitrogens is 1. The van der Waals surface area contributed by atoms with Crippen molar-refractivity contribution in [2.75, 3.05) is 6.61 Å². The first-order valence-electron chi connectivity index (χ1n) is 6.35.